The van der Waals surface area contributed by atoms with Gasteiger partial charge in [-0.2, -0.15) is 8.78 Å². The first kappa shape index (κ1) is 19.8. The minimum absolute atomic E-state index is 0.0668. The van der Waals surface area contributed by atoms with Crippen LogP contribution in [0.15, 0.2) is 53.9 Å². The summed E-state index contributed by atoms with van der Waals surface area (Å²) < 4.78 is 35.4. The molecular formula is C21H19F2NO3S. The number of ether oxygens (including phenoxy) is 2. The van der Waals surface area contributed by atoms with Crippen molar-refractivity contribution in [2.75, 3.05) is 5.32 Å². The van der Waals surface area contributed by atoms with E-state index in [1.54, 1.807) is 25.1 Å². The number of carbonyl (C=O) groups excluding carboxylic acids is 1. The van der Waals surface area contributed by atoms with Gasteiger partial charge in [0.15, 0.2) is 0 Å². The maximum atomic E-state index is 12.6. The van der Waals surface area contributed by atoms with Crippen molar-refractivity contribution in [1.82, 2.24) is 0 Å². The molecule has 0 fully saturated rings. The average Bonchev–Trinajstić information content (AvgIpc) is 3.12. The van der Waals surface area contributed by atoms with Gasteiger partial charge in [0.25, 0.3) is 5.91 Å². The van der Waals surface area contributed by atoms with Gasteiger partial charge in [-0.25, -0.2) is 0 Å². The monoisotopic (exact) mass is 403 g/mol. The summed E-state index contributed by atoms with van der Waals surface area (Å²) in [6.45, 7) is 1.12. The van der Waals surface area contributed by atoms with Crippen LogP contribution in [0.1, 0.15) is 26.4 Å². The summed E-state index contributed by atoms with van der Waals surface area (Å²) in [6, 6.07) is 14.1. The molecule has 0 unspecified atom stereocenters. The molecule has 28 heavy (non-hydrogen) atoms. The van der Waals surface area contributed by atoms with Crippen molar-refractivity contribution in [1.29, 1.82) is 0 Å². The Hall–Kier alpha value is -2.93. The van der Waals surface area contributed by atoms with Crippen LogP contribution in [0.3, 0.4) is 0 Å². The van der Waals surface area contributed by atoms with Crippen LogP contribution >= 0.6 is 11.3 Å². The van der Waals surface area contributed by atoms with Crippen LogP contribution in [0, 0.1) is 13.8 Å². The molecule has 3 aromatic rings. The fourth-order valence-corrected chi connectivity index (χ4v) is 3.27. The first-order valence-electron chi connectivity index (χ1n) is 8.54. The fraction of sp³-hybridized carbons (Fsp3) is 0.190. The van der Waals surface area contributed by atoms with E-state index >= 15 is 0 Å². The second-order valence-electron chi connectivity index (χ2n) is 6.25. The zero-order valence-corrected chi connectivity index (χ0v) is 16.2. The van der Waals surface area contributed by atoms with Gasteiger partial charge in [0.05, 0.1) is 10.6 Å². The van der Waals surface area contributed by atoms with Gasteiger partial charge >= 0.3 is 6.61 Å². The molecule has 1 amide bonds. The highest BCUT2D eigenvalue weighted by molar-refractivity contribution is 7.12. The van der Waals surface area contributed by atoms with E-state index in [0.717, 1.165) is 22.4 Å². The Labute approximate surface area is 165 Å². The Kier molecular flexibility index (Phi) is 6.26. The number of nitrogens with one attached hydrogen (secondary N) is 1. The van der Waals surface area contributed by atoms with E-state index < -0.39 is 12.5 Å². The molecule has 1 N–H and O–H groups in total. The molecule has 0 spiro atoms. The molecule has 0 bridgehead atoms. The predicted molar refractivity (Wildman–Crippen MR) is 106 cm³/mol. The molecule has 4 nitrogen and oxygen atoms in total. The topological polar surface area (TPSA) is 47.6 Å². The second kappa shape index (κ2) is 8.84. The smallest absolute Gasteiger partial charge is 0.387 e. The van der Waals surface area contributed by atoms with Crippen LogP contribution in [-0.4, -0.2) is 12.5 Å². The summed E-state index contributed by atoms with van der Waals surface area (Å²) in [6.07, 6.45) is 0. The maximum absolute atomic E-state index is 12.6. The van der Waals surface area contributed by atoms with E-state index in [4.69, 9.17) is 4.74 Å². The highest BCUT2D eigenvalue weighted by atomic mass is 32.1. The first-order valence-corrected chi connectivity index (χ1v) is 9.42. The molecule has 0 aliphatic rings. The summed E-state index contributed by atoms with van der Waals surface area (Å²) in [5.74, 6) is 0.286. The number of rotatable bonds is 7. The first-order chi connectivity index (χ1) is 13.4. The number of hydrogen-bond acceptors (Lipinski definition) is 4. The van der Waals surface area contributed by atoms with Crippen LogP contribution in [0.4, 0.5) is 14.5 Å². The zero-order valence-electron chi connectivity index (χ0n) is 15.4. The highest BCUT2D eigenvalue weighted by Crippen LogP contribution is 2.28. The minimum atomic E-state index is -2.97. The second-order valence-corrected chi connectivity index (χ2v) is 7.16. The lowest BCUT2D eigenvalue weighted by molar-refractivity contribution is -0.0494. The van der Waals surface area contributed by atoms with Crippen molar-refractivity contribution < 1.29 is 23.0 Å². The third-order valence-electron chi connectivity index (χ3n) is 3.91. The molecule has 2 aromatic carbocycles. The van der Waals surface area contributed by atoms with Gasteiger partial charge in [-0.05, 0) is 55.1 Å². The Morgan fingerprint density at radius 2 is 1.79 bits per heavy atom. The highest BCUT2D eigenvalue weighted by Gasteiger charge is 2.15. The molecule has 1 aromatic heterocycles. The summed E-state index contributed by atoms with van der Waals surface area (Å²) in [7, 11) is 0. The van der Waals surface area contributed by atoms with Crippen molar-refractivity contribution in [2.24, 2.45) is 0 Å². The van der Waals surface area contributed by atoms with Crippen LogP contribution in [0.5, 0.6) is 11.5 Å². The number of halogens is 2. The summed E-state index contributed by atoms with van der Waals surface area (Å²) >= 11 is 1.26. The van der Waals surface area contributed by atoms with Crippen molar-refractivity contribution in [3.63, 3.8) is 0 Å². The number of hydrogen-bond donors (Lipinski definition) is 1. The van der Waals surface area contributed by atoms with E-state index in [2.05, 4.69) is 10.1 Å². The third kappa shape index (κ3) is 5.29. The van der Waals surface area contributed by atoms with Crippen LogP contribution in [0.25, 0.3) is 0 Å². The molecule has 0 saturated heterocycles. The van der Waals surface area contributed by atoms with Crippen molar-refractivity contribution in [3.05, 3.63) is 75.5 Å². The van der Waals surface area contributed by atoms with E-state index in [1.165, 1.54) is 17.4 Å². The lowest BCUT2D eigenvalue weighted by atomic mass is 10.2. The molecule has 3 rings (SSSR count). The number of aryl methyl sites for hydroxylation is 2. The van der Waals surface area contributed by atoms with Gasteiger partial charge in [0.1, 0.15) is 18.1 Å². The van der Waals surface area contributed by atoms with Crippen molar-refractivity contribution in [3.8, 4) is 11.5 Å². The predicted octanol–water partition coefficient (Wildman–Crippen LogP) is 5.80. The van der Waals surface area contributed by atoms with Crippen LogP contribution < -0.4 is 14.8 Å². The van der Waals surface area contributed by atoms with Crippen LogP contribution in [-0.2, 0) is 6.61 Å². The summed E-state index contributed by atoms with van der Waals surface area (Å²) in [5.41, 5.74) is 2.94. The lowest BCUT2D eigenvalue weighted by Crippen LogP contribution is -2.13. The van der Waals surface area contributed by atoms with E-state index in [1.807, 2.05) is 36.6 Å². The number of thiophene rings is 1. The summed E-state index contributed by atoms with van der Waals surface area (Å²) in [4.78, 5) is 12.9. The molecule has 0 atom stereocenters. The molecule has 0 aliphatic carbocycles. The Balaban J connectivity index is 1.65. The quantitative estimate of drug-likeness (QED) is 0.543. The van der Waals surface area contributed by atoms with E-state index in [9.17, 15) is 13.6 Å². The third-order valence-corrected chi connectivity index (χ3v) is 4.88. The van der Waals surface area contributed by atoms with Gasteiger partial charge < -0.3 is 14.8 Å². The van der Waals surface area contributed by atoms with Gasteiger partial charge in [0.2, 0.25) is 0 Å². The molecule has 7 heteroatoms. The Morgan fingerprint density at radius 3 is 2.50 bits per heavy atom. The molecule has 146 valence electrons. The minimum Gasteiger partial charge on any atom is -0.489 e. The van der Waals surface area contributed by atoms with Gasteiger partial charge in [0, 0.05) is 5.56 Å². The number of amides is 1. The number of carbonyl (C=O) groups is 1. The number of anilines is 1. The van der Waals surface area contributed by atoms with Crippen molar-refractivity contribution in [2.45, 2.75) is 27.1 Å². The maximum Gasteiger partial charge on any atom is 0.387 e. The molecule has 0 aliphatic heterocycles. The molecular weight excluding hydrogens is 384 g/mol. The van der Waals surface area contributed by atoms with E-state index in [-0.39, 0.29) is 11.4 Å². The fourth-order valence-electron chi connectivity index (χ4n) is 2.48. The molecule has 1 heterocycles. The van der Waals surface area contributed by atoms with Crippen molar-refractivity contribution >= 4 is 22.9 Å². The van der Waals surface area contributed by atoms with Gasteiger partial charge in [-0.3, -0.25) is 4.79 Å². The van der Waals surface area contributed by atoms with E-state index in [0.29, 0.717) is 11.5 Å². The lowest BCUT2D eigenvalue weighted by Gasteiger charge is -2.12. The number of alkyl halides is 2. The molecule has 0 radical (unpaired) electrons. The largest absolute Gasteiger partial charge is 0.489 e. The zero-order chi connectivity index (χ0) is 20.1. The Bertz CT molecular complexity index is 955. The standard InChI is InChI=1S/C21H19F2NO3S/c1-13-3-6-16(7-4-13)26-11-15-10-19(28-12-15)20(25)24-17-8-5-14(2)9-18(17)27-21(22)23/h3-10,12,21H,11H2,1-2H3,(H,24,25). The number of benzene rings is 2. The average molecular weight is 403 g/mol. The van der Waals surface area contributed by atoms with Crippen LogP contribution in [0.2, 0.25) is 0 Å². The summed E-state index contributed by atoms with van der Waals surface area (Å²) in [5, 5.41) is 4.45. The Morgan fingerprint density at radius 1 is 1.07 bits per heavy atom. The van der Waals surface area contributed by atoms with Gasteiger partial charge in [-0.15, -0.1) is 11.3 Å². The molecule has 0 saturated carbocycles. The van der Waals surface area contributed by atoms with Gasteiger partial charge in [-0.1, -0.05) is 23.8 Å². The SMILES string of the molecule is Cc1ccc(OCc2csc(C(=O)Nc3ccc(C)cc3OC(F)F)c2)cc1. The normalized spacial score (nSPS) is 10.8.